The van der Waals surface area contributed by atoms with Crippen LogP contribution in [0.25, 0.3) is 11.0 Å². The highest BCUT2D eigenvalue weighted by Crippen LogP contribution is 2.39. The molecule has 2 fully saturated rings. The first-order valence-electron chi connectivity index (χ1n) is 18.8. The van der Waals surface area contributed by atoms with Crippen LogP contribution in [0.5, 0.6) is 0 Å². The number of anilines is 2. The molecule has 2 atom stereocenters. The van der Waals surface area contributed by atoms with Crippen LogP contribution in [-0.4, -0.2) is 98.1 Å². The van der Waals surface area contributed by atoms with Gasteiger partial charge in [-0.05, 0) is 106 Å². The van der Waals surface area contributed by atoms with Crippen molar-refractivity contribution >= 4 is 46.0 Å². The molecule has 3 aliphatic rings. The fourth-order valence-electron chi connectivity index (χ4n) is 8.21. The van der Waals surface area contributed by atoms with E-state index in [1.807, 2.05) is 33.7 Å². The van der Waals surface area contributed by atoms with Crippen LogP contribution in [0.2, 0.25) is 5.02 Å². The molecule has 4 aromatic rings. The highest BCUT2D eigenvalue weighted by atomic mass is 35.5. The number of amides is 2. The van der Waals surface area contributed by atoms with Crippen molar-refractivity contribution in [3.63, 3.8) is 0 Å². The Morgan fingerprint density at radius 1 is 1.02 bits per heavy atom. The molecule has 55 heavy (non-hydrogen) atoms. The van der Waals surface area contributed by atoms with E-state index in [1.54, 1.807) is 11.0 Å². The first-order chi connectivity index (χ1) is 26.4. The number of hydrogen-bond acceptors (Lipinski definition) is 8. The number of carboxylic acids is 1. The van der Waals surface area contributed by atoms with Gasteiger partial charge < -0.3 is 40.9 Å². The van der Waals surface area contributed by atoms with Crippen LogP contribution in [0.4, 0.5) is 29.3 Å². The highest BCUT2D eigenvalue weighted by Gasteiger charge is 2.36. The smallest absolute Gasteiger partial charge is 0.418 e. The molecule has 0 bridgehead atoms. The minimum absolute atomic E-state index is 0.0117. The quantitative estimate of drug-likeness (QED) is 0.119. The lowest BCUT2D eigenvalue weighted by molar-refractivity contribution is -0.137. The van der Waals surface area contributed by atoms with Gasteiger partial charge in [0, 0.05) is 44.3 Å². The number of aryl methyl sites for hydroxylation is 1. The summed E-state index contributed by atoms with van der Waals surface area (Å²) in [6, 6.07) is 13.5. The Labute approximate surface area is 322 Å². The fourth-order valence-corrected chi connectivity index (χ4v) is 8.45. The van der Waals surface area contributed by atoms with Gasteiger partial charge in [-0.3, -0.25) is 4.90 Å². The van der Waals surface area contributed by atoms with Gasteiger partial charge in [0.1, 0.15) is 5.82 Å². The van der Waals surface area contributed by atoms with Crippen LogP contribution < -0.4 is 16.4 Å². The zero-order valence-electron chi connectivity index (χ0n) is 30.4. The number of alkyl halides is 3. The summed E-state index contributed by atoms with van der Waals surface area (Å²) in [7, 11) is 0. The molecule has 3 aromatic carbocycles. The van der Waals surface area contributed by atoms with Gasteiger partial charge in [-0.1, -0.05) is 29.8 Å². The molecule has 0 radical (unpaired) electrons. The first-order valence-corrected chi connectivity index (χ1v) is 19.2. The van der Waals surface area contributed by atoms with Gasteiger partial charge in [0.2, 0.25) is 0 Å². The van der Waals surface area contributed by atoms with Gasteiger partial charge in [0.15, 0.2) is 6.35 Å². The van der Waals surface area contributed by atoms with Crippen LogP contribution in [0.1, 0.15) is 71.0 Å². The van der Waals surface area contributed by atoms with Crippen LogP contribution in [0, 0.1) is 0 Å². The molecular weight excluding hydrogens is 737 g/mol. The predicted octanol–water partition coefficient (Wildman–Crippen LogP) is 6.18. The van der Waals surface area contributed by atoms with Crippen molar-refractivity contribution in [1.29, 1.82) is 0 Å². The number of likely N-dealkylation sites (tertiary alicyclic amines) is 2. The molecule has 1 aromatic heterocycles. The number of aliphatic hydroxyl groups excluding tert-OH is 1. The number of aromatic carboxylic acids is 1. The van der Waals surface area contributed by atoms with Gasteiger partial charge in [-0.25, -0.2) is 14.6 Å². The first kappa shape index (κ1) is 38.7. The number of para-hydroxylation sites is 1. The third-order valence-corrected chi connectivity index (χ3v) is 11.4. The molecule has 294 valence electrons. The third kappa shape index (κ3) is 8.64. The number of carboxylic acid groups (broad SMARTS) is 1. The number of benzene rings is 3. The lowest BCUT2D eigenvalue weighted by atomic mass is 10.0. The summed E-state index contributed by atoms with van der Waals surface area (Å²) >= 11 is 6.25. The van der Waals surface area contributed by atoms with Gasteiger partial charge >= 0.3 is 18.2 Å². The number of rotatable bonds is 10. The van der Waals surface area contributed by atoms with Gasteiger partial charge in [-0.15, -0.1) is 0 Å². The molecule has 6 N–H and O–H groups in total. The van der Waals surface area contributed by atoms with E-state index >= 15 is 0 Å². The van der Waals surface area contributed by atoms with E-state index in [1.165, 1.54) is 18.2 Å². The zero-order chi connectivity index (χ0) is 38.9. The molecule has 3 aliphatic heterocycles. The number of carbonyl (C=O) groups is 2. The largest absolute Gasteiger partial charge is 0.478 e. The average molecular weight is 783 g/mol. The number of piperidine rings is 1. The molecule has 4 heterocycles. The maximum atomic E-state index is 14.1. The zero-order valence-corrected chi connectivity index (χ0v) is 31.1. The number of aliphatic hydroxyl groups is 1. The number of nitrogens with zero attached hydrogens (tertiary/aromatic N) is 5. The minimum atomic E-state index is -4.76. The second-order valence-corrected chi connectivity index (χ2v) is 15.1. The van der Waals surface area contributed by atoms with Gasteiger partial charge in [-0.2, -0.15) is 13.2 Å². The van der Waals surface area contributed by atoms with Crippen LogP contribution in [0.15, 0.2) is 54.6 Å². The summed E-state index contributed by atoms with van der Waals surface area (Å²) in [5.74, 6) is -0.730. The summed E-state index contributed by atoms with van der Waals surface area (Å²) in [4.78, 5) is 36.9. The van der Waals surface area contributed by atoms with Gasteiger partial charge in [0.25, 0.3) is 0 Å². The van der Waals surface area contributed by atoms with E-state index in [0.29, 0.717) is 55.9 Å². The normalized spacial score (nSPS) is 19.2. The van der Waals surface area contributed by atoms with Gasteiger partial charge in [0.05, 0.1) is 38.9 Å². The van der Waals surface area contributed by atoms with Crippen LogP contribution >= 0.6 is 11.6 Å². The maximum absolute atomic E-state index is 14.1. The van der Waals surface area contributed by atoms with E-state index in [2.05, 4.69) is 15.5 Å². The lowest BCUT2D eigenvalue weighted by Crippen LogP contribution is -2.54. The maximum Gasteiger partial charge on any atom is 0.418 e. The molecule has 0 aliphatic carbocycles. The number of urea groups is 1. The Hall–Kier alpha value is -4.57. The molecule has 2 saturated heterocycles. The molecule has 12 nitrogen and oxygen atoms in total. The summed E-state index contributed by atoms with van der Waals surface area (Å²) < 4.78 is 44.1. The number of nitrogens with one attached hydrogen (secondary N) is 2. The number of halogens is 4. The number of imidazole rings is 1. The van der Waals surface area contributed by atoms with E-state index < -0.39 is 41.8 Å². The van der Waals surface area contributed by atoms with Crippen molar-refractivity contribution in [2.75, 3.05) is 50.3 Å². The van der Waals surface area contributed by atoms with Crippen molar-refractivity contribution in [1.82, 2.24) is 29.6 Å². The summed E-state index contributed by atoms with van der Waals surface area (Å²) in [5.41, 5.74) is 7.42. The molecule has 16 heteroatoms. The predicted molar refractivity (Wildman–Crippen MR) is 204 cm³/mol. The second kappa shape index (κ2) is 16.3. The molecular formula is C39H46ClF3N8O4. The Morgan fingerprint density at radius 3 is 2.49 bits per heavy atom. The SMILES string of the molecule is Nc1c(Cl)cc(CC(NC(=O)N2CCC(N3CCc4ccccc4NC3O)CC2)c2nc3cc(C(=O)O)ccc3n2CCCN2CCCC2)cc1C(F)(F)F. The number of aromatic nitrogens is 2. The minimum Gasteiger partial charge on any atom is -0.478 e. The Kier molecular flexibility index (Phi) is 11.4. The third-order valence-electron chi connectivity index (χ3n) is 11.1. The Morgan fingerprint density at radius 2 is 1.76 bits per heavy atom. The summed E-state index contributed by atoms with van der Waals surface area (Å²) in [5, 5.41) is 26.8. The van der Waals surface area contributed by atoms with E-state index in [-0.39, 0.29) is 28.6 Å². The number of nitrogens with two attached hydrogens (primary N) is 1. The van der Waals surface area contributed by atoms with Crippen LogP contribution in [-0.2, 0) is 25.6 Å². The summed E-state index contributed by atoms with van der Waals surface area (Å²) in [6.07, 6.45) is -0.770. The summed E-state index contributed by atoms with van der Waals surface area (Å²) in [6.45, 7) is 4.75. The molecule has 7 rings (SSSR count). The average Bonchev–Trinajstić information content (AvgIpc) is 3.77. The number of fused-ring (bicyclic) bond motifs is 2. The monoisotopic (exact) mass is 782 g/mol. The Bertz CT molecular complexity index is 2030. The van der Waals surface area contributed by atoms with Crippen molar-refractivity contribution < 1.29 is 33.0 Å². The number of hydrogen-bond donors (Lipinski definition) is 5. The fraction of sp³-hybridized carbons (Fsp3) is 0.462. The van der Waals surface area contributed by atoms with Crippen molar-refractivity contribution in [3.8, 4) is 0 Å². The highest BCUT2D eigenvalue weighted by molar-refractivity contribution is 6.33. The number of carbonyl (C=O) groups excluding carboxylic acids is 1. The second-order valence-electron chi connectivity index (χ2n) is 14.7. The molecule has 0 spiro atoms. The van der Waals surface area contributed by atoms with E-state index in [0.717, 1.165) is 62.6 Å². The number of nitrogen functional groups attached to an aromatic ring is 1. The standard InChI is InChI=1S/C39H46ClF3N8O4/c40-29-21-24(20-28(34(29)44)39(41,42)43)22-32(35-45-31-23-26(36(52)53)8-9-33(31)51(35)16-5-15-48-13-3-4-14-48)47-37(54)49-17-11-27(12-18-49)50-19-10-25-6-1-2-7-30(25)46-38(50)55/h1-2,6-9,20-21,23,27,32,38,46,55H,3-5,10-19,22,44H2,(H,47,54)(H,52,53). The lowest BCUT2D eigenvalue weighted by Gasteiger charge is -2.40. The van der Waals surface area contributed by atoms with Crippen molar-refractivity contribution in [2.45, 2.75) is 76.1 Å². The van der Waals surface area contributed by atoms with Crippen LogP contribution in [0.3, 0.4) is 0 Å². The molecule has 2 amide bonds. The Balaban J connectivity index is 1.16. The topological polar surface area (TPSA) is 152 Å². The van der Waals surface area contributed by atoms with E-state index in [9.17, 15) is 33.0 Å². The van der Waals surface area contributed by atoms with Crippen molar-refractivity contribution in [2.24, 2.45) is 0 Å². The van der Waals surface area contributed by atoms with E-state index in [4.69, 9.17) is 22.3 Å². The molecule has 0 saturated carbocycles. The van der Waals surface area contributed by atoms with Crippen molar-refractivity contribution in [3.05, 3.63) is 87.7 Å². The molecule has 2 unspecified atom stereocenters.